The molecule has 0 bridgehead atoms. The fourth-order valence-electron chi connectivity index (χ4n) is 3.12. The average molecular weight is 275 g/mol. The summed E-state index contributed by atoms with van der Waals surface area (Å²) in [7, 11) is 0. The molecule has 0 aromatic heterocycles. The molecular weight excluding hydrogens is 253 g/mol. The number of ether oxygens (including phenoxy) is 1. The number of nitrogens with zero attached hydrogens (tertiary/aromatic N) is 1. The number of rotatable bonds is 3. The molecule has 108 valence electrons. The summed E-state index contributed by atoms with van der Waals surface area (Å²) in [4.78, 5) is 0. The molecule has 1 aliphatic rings. The van der Waals surface area contributed by atoms with Crippen molar-refractivity contribution in [3.63, 3.8) is 0 Å². The van der Waals surface area contributed by atoms with E-state index in [1.807, 2.05) is 6.07 Å². The molecule has 0 amide bonds. The largest absolute Gasteiger partial charge is 0.490 e. The molecule has 0 radical (unpaired) electrons. The quantitative estimate of drug-likeness (QED) is 0.811. The lowest BCUT2D eigenvalue weighted by atomic mass is 9.75. The van der Waals surface area contributed by atoms with Crippen LogP contribution in [0.25, 0.3) is 0 Å². The third kappa shape index (κ3) is 3.50. The van der Waals surface area contributed by atoms with E-state index < -0.39 is 5.82 Å². The molecule has 1 fully saturated rings. The summed E-state index contributed by atoms with van der Waals surface area (Å²) in [6.07, 6.45) is 3.51. The second kappa shape index (κ2) is 6.26. The van der Waals surface area contributed by atoms with E-state index in [1.165, 1.54) is 18.6 Å². The maximum absolute atomic E-state index is 13.5. The van der Waals surface area contributed by atoms with Crippen LogP contribution in [0.5, 0.6) is 5.75 Å². The topological polar surface area (TPSA) is 33.0 Å². The van der Waals surface area contributed by atoms with Crippen molar-refractivity contribution >= 4 is 0 Å². The minimum Gasteiger partial charge on any atom is -0.490 e. The number of benzene rings is 1. The van der Waals surface area contributed by atoms with E-state index >= 15 is 0 Å². The highest BCUT2D eigenvalue weighted by atomic mass is 19.1. The summed E-state index contributed by atoms with van der Waals surface area (Å²) in [6.45, 7) is 6.66. The van der Waals surface area contributed by atoms with Crippen molar-refractivity contribution in [2.75, 3.05) is 0 Å². The van der Waals surface area contributed by atoms with Crippen molar-refractivity contribution in [3.8, 4) is 11.8 Å². The predicted octanol–water partition coefficient (Wildman–Crippen LogP) is 4.54. The summed E-state index contributed by atoms with van der Waals surface area (Å²) >= 11 is 0. The van der Waals surface area contributed by atoms with Crippen LogP contribution in [0.15, 0.2) is 18.2 Å². The van der Waals surface area contributed by atoms with Crippen LogP contribution in [0.3, 0.4) is 0 Å². The van der Waals surface area contributed by atoms with Crippen molar-refractivity contribution in [2.24, 2.45) is 17.8 Å². The van der Waals surface area contributed by atoms with Crippen molar-refractivity contribution in [3.05, 3.63) is 29.6 Å². The zero-order valence-electron chi connectivity index (χ0n) is 12.4. The van der Waals surface area contributed by atoms with Gasteiger partial charge in [-0.15, -0.1) is 0 Å². The Morgan fingerprint density at radius 1 is 1.30 bits per heavy atom. The van der Waals surface area contributed by atoms with E-state index in [0.717, 1.165) is 12.8 Å². The van der Waals surface area contributed by atoms with Gasteiger partial charge in [-0.25, -0.2) is 4.39 Å². The molecule has 2 rings (SSSR count). The summed E-state index contributed by atoms with van der Waals surface area (Å²) in [5, 5.41) is 8.90. The van der Waals surface area contributed by atoms with Gasteiger partial charge in [0.2, 0.25) is 0 Å². The smallest absolute Gasteiger partial charge is 0.128 e. The normalized spacial score (nSPS) is 26.3. The Balaban J connectivity index is 2.18. The molecule has 0 aliphatic heterocycles. The first-order chi connectivity index (χ1) is 9.49. The Morgan fingerprint density at radius 2 is 2.05 bits per heavy atom. The first-order valence-electron chi connectivity index (χ1n) is 7.37. The molecule has 0 heterocycles. The molecule has 20 heavy (non-hydrogen) atoms. The Morgan fingerprint density at radius 3 is 2.70 bits per heavy atom. The monoisotopic (exact) mass is 275 g/mol. The molecule has 0 N–H and O–H groups in total. The van der Waals surface area contributed by atoms with Crippen LogP contribution in [-0.4, -0.2) is 6.10 Å². The standard InChI is InChI=1S/C17H22FNO/c1-11(2)16-5-4-12(3)6-17(16)20-15-8-13(10-19)7-14(18)9-15/h7-9,11-12,16-17H,4-6H2,1-3H3. The van der Waals surface area contributed by atoms with E-state index in [0.29, 0.717) is 29.1 Å². The van der Waals surface area contributed by atoms with E-state index in [1.54, 1.807) is 6.07 Å². The summed E-state index contributed by atoms with van der Waals surface area (Å²) in [6, 6.07) is 6.20. The summed E-state index contributed by atoms with van der Waals surface area (Å²) in [5.74, 6) is 1.76. The second-order valence-electron chi connectivity index (χ2n) is 6.27. The SMILES string of the molecule is CC1CCC(C(C)C)C(Oc2cc(F)cc(C#N)c2)C1. The third-order valence-corrected chi connectivity index (χ3v) is 4.25. The Hall–Kier alpha value is -1.56. The first kappa shape index (κ1) is 14.8. The van der Waals surface area contributed by atoms with Crippen LogP contribution in [-0.2, 0) is 0 Å². The molecule has 3 atom stereocenters. The highest BCUT2D eigenvalue weighted by Crippen LogP contribution is 2.36. The number of nitriles is 1. The van der Waals surface area contributed by atoms with Gasteiger partial charge in [0.05, 0.1) is 11.6 Å². The van der Waals surface area contributed by atoms with Crippen LogP contribution in [0.1, 0.15) is 45.6 Å². The molecule has 1 aromatic carbocycles. The van der Waals surface area contributed by atoms with Gasteiger partial charge in [-0.1, -0.05) is 27.2 Å². The van der Waals surface area contributed by atoms with E-state index in [2.05, 4.69) is 20.8 Å². The molecule has 1 saturated carbocycles. The Bertz CT molecular complexity index is 506. The average Bonchev–Trinajstić information content (AvgIpc) is 2.37. The molecular formula is C17H22FNO. The van der Waals surface area contributed by atoms with Gasteiger partial charge in [-0.3, -0.25) is 0 Å². The van der Waals surface area contributed by atoms with E-state index in [-0.39, 0.29) is 6.10 Å². The molecule has 0 spiro atoms. The lowest BCUT2D eigenvalue weighted by Gasteiger charge is -2.37. The number of hydrogen-bond acceptors (Lipinski definition) is 2. The lowest BCUT2D eigenvalue weighted by Crippen LogP contribution is -2.36. The second-order valence-corrected chi connectivity index (χ2v) is 6.27. The first-order valence-corrected chi connectivity index (χ1v) is 7.37. The zero-order chi connectivity index (χ0) is 14.7. The maximum Gasteiger partial charge on any atom is 0.128 e. The maximum atomic E-state index is 13.5. The van der Waals surface area contributed by atoms with Gasteiger partial charge in [0, 0.05) is 6.07 Å². The Labute approximate surface area is 120 Å². The third-order valence-electron chi connectivity index (χ3n) is 4.25. The van der Waals surface area contributed by atoms with Crippen molar-refractivity contribution in [1.82, 2.24) is 0 Å². The fourth-order valence-corrected chi connectivity index (χ4v) is 3.12. The van der Waals surface area contributed by atoms with Gasteiger partial charge >= 0.3 is 0 Å². The molecule has 1 aromatic rings. The number of halogens is 1. The molecule has 1 aliphatic carbocycles. The lowest BCUT2D eigenvalue weighted by molar-refractivity contribution is 0.0458. The highest BCUT2D eigenvalue weighted by Gasteiger charge is 2.32. The van der Waals surface area contributed by atoms with E-state index in [9.17, 15) is 4.39 Å². The van der Waals surface area contributed by atoms with Gasteiger partial charge in [-0.05, 0) is 42.7 Å². The fraction of sp³-hybridized carbons (Fsp3) is 0.588. The van der Waals surface area contributed by atoms with Crippen LogP contribution in [0.2, 0.25) is 0 Å². The number of hydrogen-bond donors (Lipinski definition) is 0. The predicted molar refractivity (Wildman–Crippen MR) is 76.9 cm³/mol. The minimum atomic E-state index is -0.413. The summed E-state index contributed by atoms with van der Waals surface area (Å²) in [5.41, 5.74) is 0.310. The van der Waals surface area contributed by atoms with Gasteiger partial charge in [-0.2, -0.15) is 5.26 Å². The van der Waals surface area contributed by atoms with Crippen LogP contribution in [0, 0.1) is 34.9 Å². The van der Waals surface area contributed by atoms with Gasteiger partial charge in [0.15, 0.2) is 0 Å². The minimum absolute atomic E-state index is 0.118. The van der Waals surface area contributed by atoms with E-state index in [4.69, 9.17) is 10.00 Å². The van der Waals surface area contributed by atoms with Crippen LogP contribution >= 0.6 is 0 Å². The highest BCUT2D eigenvalue weighted by molar-refractivity contribution is 5.37. The van der Waals surface area contributed by atoms with Gasteiger partial charge in [0.25, 0.3) is 0 Å². The summed E-state index contributed by atoms with van der Waals surface area (Å²) < 4.78 is 19.5. The van der Waals surface area contributed by atoms with Crippen molar-refractivity contribution in [2.45, 2.75) is 46.1 Å². The van der Waals surface area contributed by atoms with Crippen molar-refractivity contribution < 1.29 is 9.13 Å². The molecule has 3 heteroatoms. The zero-order valence-corrected chi connectivity index (χ0v) is 12.4. The van der Waals surface area contributed by atoms with Crippen molar-refractivity contribution in [1.29, 1.82) is 5.26 Å². The van der Waals surface area contributed by atoms with Crippen LogP contribution < -0.4 is 4.74 Å². The molecule has 2 nitrogen and oxygen atoms in total. The van der Waals surface area contributed by atoms with Crippen LogP contribution in [0.4, 0.5) is 4.39 Å². The molecule has 0 saturated heterocycles. The Kier molecular flexibility index (Phi) is 4.65. The van der Waals surface area contributed by atoms with Gasteiger partial charge < -0.3 is 4.74 Å². The van der Waals surface area contributed by atoms with Gasteiger partial charge in [0.1, 0.15) is 17.7 Å². The molecule has 3 unspecified atom stereocenters.